The SMILES string of the molecule is CCOc1cccc(CNC(=O)CN=[N+]=[N-])c1. The first-order valence-electron chi connectivity index (χ1n) is 5.25. The molecule has 0 unspecified atom stereocenters. The molecule has 0 saturated heterocycles. The maximum atomic E-state index is 11.2. The van der Waals surface area contributed by atoms with Crippen LogP contribution >= 0.6 is 0 Å². The van der Waals surface area contributed by atoms with Gasteiger partial charge in [-0.2, -0.15) is 0 Å². The highest BCUT2D eigenvalue weighted by Crippen LogP contribution is 2.12. The van der Waals surface area contributed by atoms with Crippen molar-refractivity contribution in [2.45, 2.75) is 13.5 Å². The summed E-state index contributed by atoms with van der Waals surface area (Å²) in [6.45, 7) is 2.73. The maximum absolute atomic E-state index is 11.2. The predicted octanol–water partition coefficient (Wildman–Crippen LogP) is 2.01. The third-order valence-electron chi connectivity index (χ3n) is 1.98. The van der Waals surface area contributed by atoms with Gasteiger partial charge in [0.25, 0.3) is 0 Å². The lowest BCUT2D eigenvalue weighted by Crippen LogP contribution is -2.24. The standard InChI is InChI=1S/C11H14N4O2/c1-2-17-10-5-3-4-9(6-10)7-13-11(16)8-14-15-12/h3-6H,2,7-8H2,1H3,(H,13,16). The monoisotopic (exact) mass is 234 g/mol. The fourth-order valence-electron chi connectivity index (χ4n) is 1.26. The largest absolute Gasteiger partial charge is 0.494 e. The highest BCUT2D eigenvalue weighted by Gasteiger charge is 2.00. The molecule has 6 heteroatoms. The van der Waals surface area contributed by atoms with Crippen LogP contribution in [0, 0.1) is 0 Å². The van der Waals surface area contributed by atoms with Crippen molar-refractivity contribution in [3.63, 3.8) is 0 Å². The summed E-state index contributed by atoms with van der Waals surface area (Å²) in [5, 5.41) is 5.82. The molecule has 0 aromatic heterocycles. The van der Waals surface area contributed by atoms with Crippen molar-refractivity contribution < 1.29 is 9.53 Å². The molecule has 1 aromatic rings. The van der Waals surface area contributed by atoms with E-state index in [-0.39, 0.29) is 12.5 Å². The predicted molar refractivity (Wildman–Crippen MR) is 63.5 cm³/mol. The average Bonchev–Trinajstić information content (AvgIpc) is 2.35. The number of ether oxygens (including phenoxy) is 1. The molecular weight excluding hydrogens is 220 g/mol. The first-order chi connectivity index (χ1) is 8.26. The van der Waals surface area contributed by atoms with Crippen molar-refractivity contribution in [1.29, 1.82) is 0 Å². The molecule has 17 heavy (non-hydrogen) atoms. The van der Waals surface area contributed by atoms with E-state index < -0.39 is 0 Å². The highest BCUT2D eigenvalue weighted by molar-refractivity contribution is 5.78. The molecule has 0 aliphatic rings. The van der Waals surface area contributed by atoms with Gasteiger partial charge in [-0.25, -0.2) is 0 Å². The minimum absolute atomic E-state index is 0.179. The third-order valence-corrected chi connectivity index (χ3v) is 1.98. The third kappa shape index (κ3) is 4.90. The Hall–Kier alpha value is -2.20. The Morgan fingerprint density at radius 1 is 1.59 bits per heavy atom. The van der Waals surface area contributed by atoms with E-state index in [0.717, 1.165) is 11.3 Å². The summed E-state index contributed by atoms with van der Waals surface area (Å²) < 4.78 is 5.34. The van der Waals surface area contributed by atoms with E-state index in [2.05, 4.69) is 15.3 Å². The van der Waals surface area contributed by atoms with Gasteiger partial charge in [-0.05, 0) is 30.2 Å². The average molecular weight is 234 g/mol. The van der Waals surface area contributed by atoms with Crippen LogP contribution in [0.2, 0.25) is 0 Å². The number of hydrogen-bond acceptors (Lipinski definition) is 3. The van der Waals surface area contributed by atoms with Crippen LogP contribution in [-0.2, 0) is 11.3 Å². The lowest BCUT2D eigenvalue weighted by atomic mass is 10.2. The van der Waals surface area contributed by atoms with E-state index in [0.29, 0.717) is 13.2 Å². The summed E-state index contributed by atoms with van der Waals surface area (Å²) in [7, 11) is 0. The fraction of sp³-hybridized carbons (Fsp3) is 0.364. The lowest BCUT2D eigenvalue weighted by Gasteiger charge is -2.06. The van der Waals surface area contributed by atoms with Crippen LogP contribution in [0.25, 0.3) is 10.4 Å². The quantitative estimate of drug-likeness (QED) is 0.463. The van der Waals surface area contributed by atoms with E-state index in [4.69, 9.17) is 10.3 Å². The van der Waals surface area contributed by atoms with Crippen molar-refractivity contribution in [3.8, 4) is 5.75 Å². The van der Waals surface area contributed by atoms with E-state index in [1.807, 2.05) is 31.2 Å². The Labute approximate surface area is 99.2 Å². The topological polar surface area (TPSA) is 87.1 Å². The molecule has 1 amide bonds. The molecular formula is C11H14N4O2. The smallest absolute Gasteiger partial charge is 0.226 e. The molecule has 1 rings (SSSR count). The van der Waals surface area contributed by atoms with Gasteiger partial charge in [0.15, 0.2) is 0 Å². The second-order valence-electron chi connectivity index (χ2n) is 3.25. The molecule has 0 aliphatic heterocycles. The molecule has 1 aromatic carbocycles. The number of hydrogen-bond donors (Lipinski definition) is 1. The van der Waals surface area contributed by atoms with Gasteiger partial charge in [0, 0.05) is 11.5 Å². The summed E-state index contributed by atoms with van der Waals surface area (Å²) >= 11 is 0. The zero-order valence-electron chi connectivity index (χ0n) is 9.59. The Kier molecular flexibility index (Phi) is 5.40. The number of nitrogens with one attached hydrogen (secondary N) is 1. The van der Waals surface area contributed by atoms with Gasteiger partial charge in [0.2, 0.25) is 5.91 Å². The summed E-state index contributed by atoms with van der Waals surface area (Å²) in [6, 6.07) is 7.46. The summed E-state index contributed by atoms with van der Waals surface area (Å²) in [5.41, 5.74) is 8.99. The molecule has 6 nitrogen and oxygen atoms in total. The number of carbonyl (C=O) groups excluding carboxylic acids is 1. The summed E-state index contributed by atoms with van der Waals surface area (Å²) in [4.78, 5) is 13.7. The van der Waals surface area contributed by atoms with Crippen LogP contribution in [-0.4, -0.2) is 19.1 Å². The Morgan fingerprint density at radius 2 is 2.41 bits per heavy atom. The van der Waals surface area contributed by atoms with Crippen LogP contribution in [0.1, 0.15) is 12.5 Å². The second kappa shape index (κ2) is 7.14. The molecule has 0 heterocycles. The Balaban J connectivity index is 2.48. The number of azide groups is 1. The molecule has 0 atom stereocenters. The maximum Gasteiger partial charge on any atom is 0.226 e. The number of amides is 1. The van der Waals surface area contributed by atoms with Crippen LogP contribution in [0.5, 0.6) is 5.75 Å². The summed E-state index contributed by atoms with van der Waals surface area (Å²) in [5.74, 6) is 0.471. The zero-order valence-corrected chi connectivity index (χ0v) is 9.59. The normalized spacial score (nSPS) is 9.24. The molecule has 0 bridgehead atoms. The number of benzene rings is 1. The van der Waals surface area contributed by atoms with Crippen molar-refractivity contribution >= 4 is 5.91 Å². The van der Waals surface area contributed by atoms with E-state index >= 15 is 0 Å². The van der Waals surface area contributed by atoms with Crippen LogP contribution in [0.4, 0.5) is 0 Å². The number of nitrogens with zero attached hydrogens (tertiary/aromatic N) is 3. The Morgan fingerprint density at radius 3 is 3.12 bits per heavy atom. The van der Waals surface area contributed by atoms with Gasteiger partial charge in [-0.3, -0.25) is 4.79 Å². The lowest BCUT2D eigenvalue weighted by molar-refractivity contribution is -0.119. The minimum atomic E-state index is -0.301. The zero-order chi connectivity index (χ0) is 12.5. The van der Waals surface area contributed by atoms with Gasteiger partial charge in [-0.1, -0.05) is 17.2 Å². The van der Waals surface area contributed by atoms with Crippen LogP contribution < -0.4 is 10.1 Å². The van der Waals surface area contributed by atoms with Crippen molar-refractivity contribution in [2.75, 3.05) is 13.2 Å². The number of rotatable bonds is 6. The van der Waals surface area contributed by atoms with Crippen LogP contribution in [0.3, 0.4) is 0 Å². The van der Waals surface area contributed by atoms with Gasteiger partial charge in [0.1, 0.15) is 12.3 Å². The van der Waals surface area contributed by atoms with Gasteiger partial charge in [-0.15, -0.1) is 0 Å². The number of carbonyl (C=O) groups is 1. The molecule has 0 fully saturated rings. The molecule has 0 spiro atoms. The first kappa shape index (κ1) is 12.9. The highest BCUT2D eigenvalue weighted by atomic mass is 16.5. The molecule has 0 aliphatic carbocycles. The van der Waals surface area contributed by atoms with Gasteiger partial charge in [0.05, 0.1) is 6.61 Å². The van der Waals surface area contributed by atoms with E-state index in [1.54, 1.807) is 0 Å². The van der Waals surface area contributed by atoms with Gasteiger partial charge >= 0.3 is 0 Å². The molecule has 0 saturated carbocycles. The van der Waals surface area contributed by atoms with Crippen LogP contribution in [0.15, 0.2) is 29.4 Å². The van der Waals surface area contributed by atoms with E-state index in [9.17, 15) is 4.79 Å². The van der Waals surface area contributed by atoms with Crippen molar-refractivity contribution in [2.24, 2.45) is 5.11 Å². The molecule has 0 radical (unpaired) electrons. The van der Waals surface area contributed by atoms with Crippen molar-refractivity contribution in [1.82, 2.24) is 5.32 Å². The van der Waals surface area contributed by atoms with Crippen molar-refractivity contribution in [3.05, 3.63) is 40.3 Å². The molecule has 90 valence electrons. The fourth-order valence-corrected chi connectivity index (χ4v) is 1.26. The second-order valence-corrected chi connectivity index (χ2v) is 3.25. The van der Waals surface area contributed by atoms with Gasteiger partial charge < -0.3 is 10.1 Å². The van der Waals surface area contributed by atoms with E-state index in [1.165, 1.54) is 0 Å². The molecule has 1 N–H and O–H groups in total. The first-order valence-corrected chi connectivity index (χ1v) is 5.25. The summed E-state index contributed by atoms with van der Waals surface area (Å²) in [6.07, 6.45) is 0. The minimum Gasteiger partial charge on any atom is -0.494 e. The Bertz CT molecular complexity index is 427.